The number of pyridine rings is 1. The molecular formula is C21H28N6O. The monoisotopic (exact) mass is 380 g/mol. The number of fused-ring (bicyclic) bond motifs is 1. The average Bonchev–Trinajstić information content (AvgIpc) is 2.78. The van der Waals surface area contributed by atoms with Gasteiger partial charge in [0.25, 0.3) is 0 Å². The van der Waals surface area contributed by atoms with Crippen molar-refractivity contribution in [1.82, 2.24) is 25.2 Å². The molecule has 0 amide bonds. The predicted octanol–water partition coefficient (Wildman–Crippen LogP) is 2.06. The highest BCUT2D eigenvalue weighted by Gasteiger charge is 2.17. The first-order chi connectivity index (χ1) is 13.8. The number of aromatic nitrogens is 3. The number of nitrogens with one attached hydrogen (secondary N) is 1. The minimum absolute atomic E-state index is 0.857. The van der Waals surface area contributed by atoms with Crippen LogP contribution in [0, 0.1) is 0 Å². The summed E-state index contributed by atoms with van der Waals surface area (Å²) in [6, 6.07) is 9.76. The Bertz CT molecular complexity index is 836. The molecule has 0 atom stereocenters. The first-order valence-electron chi connectivity index (χ1n) is 9.57. The summed E-state index contributed by atoms with van der Waals surface area (Å²) < 4.78 is 5.10. The summed E-state index contributed by atoms with van der Waals surface area (Å²) in [7, 11) is 3.66. The van der Waals surface area contributed by atoms with E-state index in [1.54, 1.807) is 25.7 Å². The van der Waals surface area contributed by atoms with Crippen LogP contribution in [0.25, 0.3) is 10.8 Å². The average molecular weight is 380 g/mol. The van der Waals surface area contributed by atoms with E-state index in [-0.39, 0.29) is 0 Å². The molecular weight excluding hydrogens is 352 g/mol. The number of methoxy groups -OCH3 is 1. The Morgan fingerprint density at radius 2 is 1.79 bits per heavy atom. The Morgan fingerprint density at radius 3 is 2.50 bits per heavy atom. The first kappa shape index (κ1) is 20.0. The van der Waals surface area contributed by atoms with Gasteiger partial charge in [0.05, 0.1) is 7.11 Å². The predicted molar refractivity (Wildman–Crippen MR) is 113 cm³/mol. The van der Waals surface area contributed by atoms with E-state index in [9.17, 15) is 0 Å². The van der Waals surface area contributed by atoms with E-state index in [4.69, 9.17) is 4.74 Å². The summed E-state index contributed by atoms with van der Waals surface area (Å²) in [5.74, 6) is 1.74. The van der Waals surface area contributed by atoms with E-state index in [2.05, 4.69) is 30.1 Å². The van der Waals surface area contributed by atoms with Crippen LogP contribution in [0.3, 0.4) is 0 Å². The van der Waals surface area contributed by atoms with Crippen molar-refractivity contribution in [3.8, 4) is 5.75 Å². The minimum Gasteiger partial charge on any atom is -0.497 e. The van der Waals surface area contributed by atoms with Crippen LogP contribution in [0.15, 0.2) is 55.1 Å². The summed E-state index contributed by atoms with van der Waals surface area (Å²) in [6.07, 6.45) is 7.22. The van der Waals surface area contributed by atoms with E-state index in [1.807, 2.05) is 43.6 Å². The molecule has 1 N–H and O–H groups in total. The van der Waals surface area contributed by atoms with Gasteiger partial charge in [0.15, 0.2) is 0 Å². The van der Waals surface area contributed by atoms with Crippen LogP contribution in [0.1, 0.15) is 0 Å². The highest BCUT2D eigenvalue weighted by atomic mass is 16.5. The normalized spacial score (nSPS) is 14.4. The second-order valence-corrected chi connectivity index (χ2v) is 6.57. The lowest BCUT2D eigenvalue weighted by Crippen LogP contribution is -2.48. The van der Waals surface area contributed by atoms with Gasteiger partial charge in [-0.2, -0.15) is 0 Å². The summed E-state index contributed by atoms with van der Waals surface area (Å²) in [4.78, 5) is 17.3. The lowest BCUT2D eigenvalue weighted by atomic mass is 10.2. The highest BCUT2D eigenvalue weighted by Crippen LogP contribution is 2.18. The Morgan fingerprint density at radius 1 is 1.00 bits per heavy atom. The van der Waals surface area contributed by atoms with Gasteiger partial charge in [0.2, 0.25) is 5.95 Å². The summed E-state index contributed by atoms with van der Waals surface area (Å²) in [5, 5.41) is 5.47. The number of benzene rings is 1. The smallest absolute Gasteiger partial charge is 0.225 e. The van der Waals surface area contributed by atoms with Crippen LogP contribution in [-0.2, 0) is 0 Å². The van der Waals surface area contributed by atoms with Gasteiger partial charge in [-0.05, 0) is 42.8 Å². The number of likely N-dealkylation sites (N-methyl/N-ethyl adjacent to an activating group) is 1. The van der Waals surface area contributed by atoms with Crippen molar-refractivity contribution in [2.75, 3.05) is 58.3 Å². The van der Waals surface area contributed by atoms with Crippen molar-refractivity contribution < 1.29 is 4.74 Å². The number of piperazine rings is 1. The van der Waals surface area contributed by atoms with Gasteiger partial charge < -0.3 is 15.0 Å². The number of ether oxygens (including phenoxy) is 1. The lowest BCUT2D eigenvalue weighted by Gasteiger charge is -2.34. The van der Waals surface area contributed by atoms with Crippen LogP contribution in [-0.4, -0.2) is 73.3 Å². The number of hydrogen-bond donors (Lipinski definition) is 1. The maximum Gasteiger partial charge on any atom is 0.225 e. The Kier molecular flexibility index (Phi) is 7.52. The molecule has 0 unspecified atom stereocenters. The summed E-state index contributed by atoms with van der Waals surface area (Å²) >= 11 is 0. The molecule has 2 aromatic heterocycles. The van der Waals surface area contributed by atoms with Gasteiger partial charge in [-0.25, -0.2) is 9.97 Å². The fourth-order valence-electron chi connectivity index (χ4n) is 3.08. The largest absolute Gasteiger partial charge is 0.497 e. The molecule has 1 aliphatic heterocycles. The van der Waals surface area contributed by atoms with Gasteiger partial charge in [0.1, 0.15) is 5.75 Å². The molecule has 3 heterocycles. The van der Waals surface area contributed by atoms with Gasteiger partial charge >= 0.3 is 0 Å². The molecule has 0 saturated carbocycles. The molecule has 1 aromatic carbocycles. The molecule has 0 radical (unpaired) electrons. The second kappa shape index (κ2) is 10.5. The van der Waals surface area contributed by atoms with Gasteiger partial charge in [-0.3, -0.25) is 9.88 Å². The van der Waals surface area contributed by atoms with Crippen molar-refractivity contribution >= 4 is 16.7 Å². The topological polar surface area (TPSA) is 66.4 Å². The van der Waals surface area contributed by atoms with Crippen molar-refractivity contribution in [2.45, 2.75) is 0 Å². The number of hydrogen-bond acceptors (Lipinski definition) is 7. The number of nitrogens with zero attached hydrogens (tertiary/aromatic N) is 5. The van der Waals surface area contributed by atoms with Crippen molar-refractivity contribution in [1.29, 1.82) is 0 Å². The van der Waals surface area contributed by atoms with Gasteiger partial charge in [-0.15, -0.1) is 0 Å². The van der Waals surface area contributed by atoms with E-state index in [0.717, 1.165) is 61.7 Å². The third kappa shape index (κ3) is 5.61. The maximum absolute atomic E-state index is 5.10. The molecule has 0 spiro atoms. The van der Waals surface area contributed by atoms with Crippen LogP contribution in [0.2, 0.25) is 0 Å². The molecule has 7 nitrogen and oxygen atoms in total. The molecule has 0 bridgehead atoms. The zero-order valence-electron chi connectivity index (χ0n) is 16.6. The van der Waals surface area contributed by atoms with Crippen molar-refractivity contribution in [3.63, 3.8) is 0 Å². The Labute approximate surface area is 166 Å². The SMILES string of the molecule is CNCCN1CCN(c2ncccn2)CC1.COc1ccc2cnccc2c1. The van der Waals surface area contributed by atoms with E-state index < -0.39 is 0 Å². The molecule has 7 heteroatoms. The van der Waals surface area contributed by atoms with Gasteiger partial charge in [0, 0.05) is 69.4 Å². The Hall–Kier alpha value is -2.77. The fraction of sp³-hybridized carbons (Fsp3) is 0.381. The standard InChI is InChI=1S/C11H19N5.C10H9NO/c1-12-5-6-15-7-9-16(10-8-15)11-13-3-2-4-14-11;1-12-10-3-2-9-7-11-5-4-8(9)6-10/h2-4,12H,5-10H2,1H3;2-7H,1H3. The molecule has 1 aliphatic rings. The van der Waals surface area contributed by atoms with E-state index in [1.165, 1.54) is 0 Å². The van der Waals surface area contributed by atoms with Crippen LogP contribution in [0.4, 0.5) is 5.95 Å². The zero-order valence-corrected chi connectivity index (χ0v) is 16.6. The minimum atomic E-state index is 0.857. The van der Waals surface area contributed by atoms with E-state index >= 15 is 0 Å². The third-order valence-corrected chi connectivity index (χ3v) is 4.73. The van der Waals surface area contributed by atoms with Crippen molar-refractivity contribution in [3.05, 3.63) is 55.1 Å². The molecule has 4 rings (SSSR count). The fourth-order valence-corrected chi connectivity index (χ4v) is 3.08. The van der Waals surface area contributed by atoms with Crippen molar-refractivity contribution in [2.24, 2.45) is 0 Å². The van der Waals surface area contributed by atoms with Gasteiger partial charge in [-0.1, -0.05) is 0 Å². The summed E-state index contributed by atoms with van der Waals surface area (Å²) in [5.41, 5.74) is 0. The molecule has 1 fully saturated rings. The lowest BCUT2D eigenvalue weighted by molar-refractivity contribution is 0.258. The molecule has 3 aromatic rings. The highest BCUT2D eigenvalue weighted by molar-refractivity contribution is 5.82. The Balaban J connectivity index is 0.000000167. The zero-order chi connectivity index (χ0) is 19.6. The number of rotatable bonds is 5. The molecule has 28 heavy (non-hydrogen) atoms. The maximum atomic E-state index is 5.10. The molecule has 1 saturated heterocycles. The third-order valence-electron chi connectivity index (χ3n) is 4.73. The molecule has 0 aliphatic carbocycles. The molecule has 148 valence electrons. The summed E-state index contributed by atoms with van der Waals surface area (Å²) in [6.45, 7) is 6.42. The van der Waals surface area contributed by atoms with E-state index in [0.29, 0.717) is 0 Å². The second-order valence-electron chi connectivity index (χ2n) is 6.57. The first-order valence-corrected chi connectivity index (χ1v) is 9.57. The van der Waals surface area contributed by atoms with Crippen LogP contribution in [0.5, 0.6) is 5.75 Å². The van der Waals surface area contributed by atoms with Crippen LogP contribution < -0.4 is 15.0 Å². The quantitative estimate of drug-likeness (QED) is 0.727. The number of anilines is 1. The van der Waals surface area contributed by atoms with Crippen LogP contribution >= 0.6 is 0 Å².